The Morgan fingerprint density at radius 3 is 2.39 bits per heavy atom. The lowest BCUT2D eigenvalue weighted by Gasteiger charge is -2.26. The van der Waals surface area contributed by atoms with Gasteiger partial charge in [-0.15, -0.1) is 0 Å². The van der Waals surface area contributed by atoms with Crippen molar-refractivity contribution in [3.63, 3.8) is 0 Å². The van der Waals surface area contributed by atoms with E-state index in [1.807, 2.05) is 0 Å². The van der Waals surface area contributed by atoms with Gasteiger partial charge in [0.25, 0.3) is 5.91 Å². The third-order valence-corrected chi connectivity index (χ3v) is 6.94. The number of anilines is 1. The fourth-order valence-electron chi connectivity index (χ4n) is 3.28. The van der Waals surface area contributed by atoms with Gasteiger partial charge in [0.05, 0.1) is 29.1 Å². The molecule has 0 unspecified atom stereocenters. The second-order valence-electron chi connectivity index (χ2n) is 7.12. The molecule has 31 heavy (non-hydrogen) atoms. The van der Waals surface area contributed by atoms with E-state index in [2.05, 4.69) is 15.3 Å². The summed E-state index contributed by atoms with van der Waals surface area (Å²) in [6, 6.07) is 9.01. The number of aryl methyl sites for hydroxylation is 1. The minimum absolute atomic E-state index is 0.0794. The lowest BCUT2D eigenvalue weighted by molar-refractivity contribution is 0.0730. The normalized spacial score (nSPS) is 15.1. The molecule has 0 radical (unpaired) electrons. The summed E-state index contributed by atoms with van der Waals surface area (Å²) in [5.41, 5.74) is 0.368. The van der Waals surface area contributed by atoms with Gasteiger partial charge in [-0.05, 0) is 42.8 Å². The van der Waals surface area contributed by atoms with Crippen LogP contribution in [0.5, 0.6) is 0 Å². The molecule has 1 aliphatic heterocycles. The smallest absolute Gasteiger partial charge is 0.314 e. The van der Waals surface area contributed by atoms with Gasteiger partial charge in [-0.3, -0.25) is 14.4 Å². The van der Waals surface area contributed by atoms with Gasteiger partial charge in [0.15, 0.2) is 0 Å². The van der Waals surface area contributed by atoms with Crippen molar-refractivity contribution in [1.29, 1.82) is 0 Å². The number of benzene rings is 2. The van der Waals surface area contributed by atoms with Crippen molar-refractivity contribution in [2.45, 2.75) is 11.8 Å². The highest BCUT2D eigenvalue weighted by molar-refractivity contribution is 7.89. The minimum Gasteiger partial charge on any atom is -0.379 e. The molecule has 1 aromatic heterocycles. The number of nitrogens with zero attached hydrogens (tertiary/aromatic N) is 1. The van der Waals surface area contributed by atoms with Crippen molar-refractivity contribution in [2.24, 2.45) is 0 Å². The summed E-state index contributed by atoms with van der Waals surface area (Å²) in [5, 5.41) is 2.72. The van der Waals surface area contributed by atoms with Crippen LogP contribution < -0.4 is 16.4 Å². The highest BCUT2D eigenvalue weighted by Gasteiger charge is 2.27. The molecule has 1 saturated heterocycles. The van der Waals surface area contributed by atoms with Crippen LogP contribution in [0.4, 0.5) is 5.69 Å². The standard InChI is InChI=1S/C20H20N4O6S/c1-12-2-4-14(31(28,29)24-6-8-30-9-7-24)11-16(12)22-18(25)13-3-5-15-17(10-13)23-20(27)19(26)21-15/h2-5,10-11H,6-9H2,1H3,(H,21,26)(H,22,25)(H,23,27). The van der Waals surface area contributed by atoms with Crippen molar-refractivity contribution in [3.05, 3.63) is 68.2 Å². The van der Waals surface area contributed by atoms with Crippen LogP contribution in [-0.2, 0) is 14.8 Å². The fourth-order valence-corrected chi connectivity index (χ4v) is 4.72. The lowest BCUT2D eigenvalue weighted by Crippen LogP contribution is -2.40. The Kier molecular flexibility index (Phi) is 5.48. The SMILES string of the molecule is Cc1ccc(S(=O)(=O)N2CCOCC2)cc1NC(=O)c1ccc2[nH]c(=O)c(=O)[nH]c2c1. The Morgan fingerprint density at radius 1 is 1.00 bits per heavy atom. The number of aromatic nitrogens is 2. The highest BCUT2D eigenvalue weighted by atomic mass is 32.2. The number of H-pyrrole nitrogens is 2. The fraction of sp³-hybridized carbons (Fsp3) is 0.250. The molecule has 0 spiro atoms. The van der Waals surface area contributed by atoms with E-state index < -0.39 is 27.0 Å². The van der Waals surface area contributed by atoms with Crippen molar-refractivity contribution in [1.82, 2.24) is 14.3 Å². The number of amides is 1. The number of carbonyl (C=O) groups is 1. The van der Waals surface area contributed by atoms with Crippen molar-refractivity contribution < 1.29 is 17.9 Å². The molecule has 4 rings (SSSR count). The molecular weight excluding hydrogens is 424 g/mol. The Labute approximate surface area is 176 Å². The molecule has 2 heterocycles. The molecule has 1 aliphatic rings. The number of morpholine rings is 1. The maximum atomic E-state index is 12.9. The van der Waals surface area contributed by atoms with Crippen molar-refractivity contribution in [2.75, 3.05) is 31.6 Å². The predicted octanol–water partition coefficient (Wildman–Crippen LogP) is 0.798. The number of ether oxygens (including phenoxy) is 1. The van der Waals surface area contributed by atoms with Crippen LogP contribution in [0.25, 0.3) is 11.0 Å². The molecule has 2 aromatic carbocycles. The zero-order chi connectivity index (χ0) is 22.2. The first-order valence-corrected chi connectivity index (χ1v) is 11.0. The van der Waals surface area contributed by atoms with Gasteiger partial charge >= 0.3 is 11.1 Å². The number of hydrogen-bond acceptors (Lipinski definition) is 6. The van der Waals surface area contributed by atoms with Gasteiger partial charge in [0.1, 0.15) is 0 Å². The Bertz CT molecular complexity index is 1390. The van der Waals surface area contributed by atoms with E-state index in [1.165, 1.54) is 34.6 Å². The van der Waals surface area contributed by atoms with E-state index in [0.29, 0.717) is 35.5 Å². The van der Waals surface area contributed by atoms with E-state index in [-0.39, 0.29) is 23.5 Å². The average molecular weight is 444 g/mol. The van der Waals surface area contributed by atoms with Crippen LogP contribution in [0, 0.1) is 6.92 Å². The van der Waals surface area contributed by atoms with E-state index in [1.54, 1.807) is 13.0 Å². The molecule has 10 nitrogen and oxygen atoms in total. The first-order chi connectivity index (χ1) is 14.8. The molecule has 3 aromatic rings. The zero-order valence-corrected chi connectivity index (χ0v) is 17.4. The maximum absolute atomic E-state index is 12.9. The first kappa shape index (κ1) is 21.0. The Hall–Kier alpha value is -3.28. The summed E-state index contributed by atoms with van der Waals surface area (Å²) in [5.74, 6) is -0.488. The summed E-state index contributed by atoms with van der Waals surface area (Å²) >= 11 is 0. The second-order valence-corrected chi connectivity index (χ2v) is 9.05. The molecule has 3 N–H and O–H groups in total. The Morgan fingerprint density at radius 2 is 1.68 bits per heavy atom. The molecule has 0 bridgehead atoms. The molecule has 1 amide bonds. The van der Waals surface area contributed by atoms with E-state index in [4.69, 9.17) is 4.74 Å². The number of sulfonamides is 1. The van der Waals surface area contributed by atoms with Crippen molar-refractivity contribution in [3.8, 4) is 0 Å². The summed E-state index contributed by atoms with van der Waals surface area (Å²) in [6.45, 7) is 2.97. The van der Waals surface area contributed by atoms with Gasteiger partial charge in [-0.2, -0.15) is 4.31 Å². The van der Waals surface area contributed by atoms with Crippen LogP contribution in [-0.4, -0.2) is 54.9 Å². The number of carbonyl (C=O) groups excluding carboxylic acids is 1. The third kappa shape index (κ3) is 4.15. The monoisotopic (exact) mass is 444 g/mol. The van der Waals surface area contributed by atoms with E-state index in [0.717, 1.165) is 0 Å². The lowest BCUT2D eigenvalue weighted by atomic mass is 10.1. The van der Waals surface area contributed by atoms with Crippen LogP contribution in [0.2, 0.25) is 0 Å². The van der Waals surface area contributed by atoms with Crippen LogP contribution in [0.15, 0.2) is 50.9 Å². The van der Waals surface area contributed by atoms with Gasteiger partial charge in [-0.1, -0.05) is 6.07 Å². The first-order valence-electron chi connectivity index (χ1n) is 9.52. The molecule has 1 fully saturated rings. The quantitative estimate of drug-likeness (QED) is 0.508. The average Bonchev–Trinajstić information content (AvgIpc) is 2.76. The third-order valence-electron chi connectivity index (χ3n) is 5.05. The highest BCUT2D eigenvalue weighted by Crippen LogP contribution is 2.24. The number of rotatable bonds is 4. The zero-order valence-electron chi connectivity index (χ0n) is 16.6. The van der Waals surface area contributed by atoms with Crippen LogP contribution in [0.1, 0.15) is 15.9 Å². The van der Waals surface area contributed by atoms with Crippen molar-refractivity contribution >= 4 is 32.7 Å². The number of fused-ring (bicyclic) bond motifs is 1. The molecule has 11 heteroatoms. The van der Waals surface area contributed by atoms with Gasteiger partial charge < -0.3 is 20.0 Å². The second kappa shape index (κ2) is 8.10. The largest absolute Gasteiger partial charge is 0.379 e. The summed E-state index contributed by atoms with van der Waals surface area (Å²) in [7, 11) is -3.71. The molecular formula is C20H20N4O6S. The minimum atomic E-state index is -3.71. The predicted molar refractivity (Wildman–Crippen MR) is 114 cm³/mol. The van der Waals surface area contributed by atoms with E-state index >= 15 is 0 Å². The number of nitrogens with one attached hydrogen (secondary N) is 3. The van der Waals surface area contributed by atoms with Gasteiger partial charge in [-0.25, -0.2) is 8.42 Å². The van der Waals surface area contributed by atoms with Crippen LogP contribution >= 0.6 is 0 Å². The molecule has 162 valence electrons. The van der Waals surface area contributed by atoms with Gasteiger partial charge in [0, 0.05) is 24.3 Å². The Balaban J connectivity index is 1.63. The summed E-state index contributed by atoms with van der Waals surface area (Å²) in [4.78, 5) is 40.7. The summed E-state index contributed by atoms with van der Waals surface area (Å²) < 4.78 is 32.4. The number of aromatic amines is 2. The van der Waals surface area contributed by atoms with Crippen LogP contribution in [0.3, 0.4) is 0 Å². The molecule has 0 atom stereocenters. The summed E-state index contributed by atoms with van der Waals surface area (Å²) in [6.07, 6.45) is 0. The topological polar surface area (TPSA) is 141 Å². The number of hydrogen-bond donors (Lipinski definition) is 3. The molecule has 0 saturated carbocycles. The van der Waals surface area contributed by atoms with Gasteiger partial charge in [0.2, 0.25) is 10.0 Å². The maximum Gasteiger partial charge on any atom is 0.314 e. The van der Waals surface area contributed by atoms with E-state index in [9.17, 15) is 22.8 Å². The molecule has 0 aliphatic carbocycles.